The van der Waals surface area contributed by atoms with Gasteiger partial charge in [0, 0.05) is 13.1 Å². The van der Waals surface area contributed by atoms with Crippen molar-refractivity contribution in [1.29, 1.82) is 0 Å². The molecule has 0 bridgehead atoms. The van der Waals surface area contributed by atoms with Gasteiger partial charge in [-0.25, -0.2) is 0 Å². The maximum Gasteiger partial charge on any atom is 0.227 e. The molecule has 1 aliphatic rings. The molecule has 0 aliphatic heterocycles. The molecular weight excluding hydrogens is 236 g/mol. The first-order valence-electron chi connectivity index (χ1n) is 7.21. The first-order chi connectivity index (χ1) is 9.18. The number of amides is 1. The van der Waals surface area contributed by atoms with Crippen LogP contribution in [0, 0.1) is 12.3 Å². The molecule has 104 valence electrons. The lowest BCUT2D eigenvalue weighted by Crippen LogP contribution is -2.46. The number of aryl methyl sites for hydroxylation is 1. The van der Waals surface area contributed by atoms with E-state index in [2.05, 4.69) is 24.4 Å². The molecular formula is C16H24N2O. The number of carbonyl (C=O) groups excluding carboxylic acids is 1. The lowest BCUT2D eigenvalue weighted by Gasteiger charge is -2.34. The van der Waals surface area contributed by atoms with Crippen molar-refractivity contribution >= 4 is 5.91 Å². The van der Waals surface area contributed by atoms with Gasteiger partial charge in [0.05, 0.1) is 5.41 Å². The molecule has 0 atom stereocenters. The summed E-state index contributed by atoms with van der Waals surface area (Å²) in [5.74, 6) is 0.137. The first kappa shape index (κ1) is 14.1. The Morgan fingerprint density at radius 3 is 2.58 bits per heavy atom. The van der Waals surface area contributed by atoms with Crippen LogP contribution in [0.1, 0.15) is 43.2 Å². The molecule has 0 aromatic heterocycles. The fraction of sp³-hybridized carbons (Fsp3) is 0.562. The van der Waals surface area contributed by atoms with Crippen LogP contribution in [0.2, 0.25) is 0 Å². The van der Waals surface area contributed by atoms with Gasteiger partial charge in [0.25, 0.3) is 0 Å². The van der Waals surface area contributed by atoms with Crippen molar-refractivity contribution in [2.45, 2.75) is 45.6 Å². The van der Waals surface area contributed by atoms with Gasteiger partial charge in [0.1, 0.15) is 0 Å². The Labute approximate surface area is 115 Å². The molecule has 3 nitrogen and oxygen atoms in total. The van der Waals surface area contributed by atoms with Crippen LogP contribution in [0.3, 0.4) is 0 Å². The average Bonchev–Trinajstić information content (AvgIpc) is 2.46. The SMILES string of the molecule is Cc1ccccc1CNC(=O)C1(CN)CCCCC1. The summed E-state index contributed by atoms with van der Waals surface area (Å²) >= 11 is 0. The summed E-state index contributed by atoms with van der Waals surface area (Å²) in [6.45, 7) is 3.14. The maximum atomic E-state index is 12.4. The van der Waals surface area contributed by atoms with E-state index in [-0.39, 0.29) is 11.3 Å². The molecule has 3 N–H and O–H groups in total. The molecule has 0 unspecified atom stereocenters. The highest BCUT2D eigenvalue weighted by molar-refractivity contribution is 5.83. The van der Waals surface area contributed by atoms with E-state index >= 15 is 0 Å². The molecule has 1 aromatic carbocycles. The molecule has 1 saturated carbocycles. The van der Waals surface area contributed by atoms with Gasteiger partial charge in [-0.1, -0.05) is 43.5 Å². The highest BCUT2D eigenvalue weighted by atomic mass is 16.2. The summed E-state index contributed by atoms with van der Waals surface area (Å²) < 4.78 is 0. The molecule has 1 fully saturated rings. The van der Waals surface area contributed by atoms with Gasteiger partial charge in [-0.05, 0) is 30.9 Å². The zero-order chi connectivity index (χ0) is 13.7. The molecule has 0 heterocycles. The van der Waals surface area contributed by atoms with Gasteiger partial charge in [-0.15, -0.1) is 0 Å². The second kappa shape index (κ2) is 6.20. The van der Waals surface area contributed by atoms with Crippen molar-refractivity contribution in [3.05, 3.63) is 35.4 Å². The predicted octanol–water partition coefficient (Wildman–Crippen LogP) is 2.52. The van der Waals surface area contributed by atoms with Crippen molar-refractivity contribution in [2.24, 2.45) is 11.1 Å². The van der Waals surface area contributed by atoms with Gasteiger partial charge in [0.15, 0.2) is 0 Å². The zero-order valence-electron chi connectivity index (χ0n) is 11.7. The second-order valence-corrected chi connectivity index (χ2v) is 5.65. The highest BCUT2D eigenvalue weighted by Gasteiger charge is 2.37. The van der Waals surface area contributed by atoms with Gasteiger partial charge in [-0.2, -0.15) is 0 Å². The predicted molar refractivity (Wildman–Crippen MR) is 77.6 cm³/mol. The lowest BCUT2D eigenvalue weighted by molar-refractivity contribution is -0.132. The summed E-state index contributed by atoms with van der Waals surface area (Å²) in [7, 11) is 0. The van der Waals surface area contributed by atoms with Gasteiger partial charge in [0.2, 0.25) is 5.91 Å². The number of nitrogens with one attached hydrogen (secondary N) is 1. The third-order valence-corrected chi connectivity index (χ3v) is 4.38. The van der Waals surface area contributed by atoms with Crippen LogP contribution in [0.15, 0.2) is 24.3 Å². The summed E-state index contributed by atoms with van der Waals surface area (Å²) in [6.07, 6.45) is 5.34. The van der Waals surface area contributed by atoms with E-state index in [4.69, 9.17) is 5.73 Å². The Kier molecular flexibility index (Phi) is 4.59. The molecule has 1 aliphatic carbocycles. The van der Waals surface area contributed by atoms with Gasteiger partial charge >= 0.3 is 0 Å². The van der Waals surface area contributed by atoms with Gasteiger partial charge in [-0.3, -0.25) is 4.79 Å². The van der Waals surface area contributed by atoms with E-state index < -0.39 is 0 Å². The van der Waals surface area contributed by atoms with Crippen molar-refractivity contribution in [1.82, 2.24) is 5.32 Å². The van der Waals surface area contributed by atoms with Crippen LogP contribution in [0.25, 0.3) is 0 Å². The summed E-state index contributed by atoms with van der Waals surface area (Å²) in [6, 6.07) is 8.16. The minimum absolute atomic E-state index is 0.137. The Bertz CT molecular complexity index is 436. The summed E-state index contributed by atoms with van der Waals surface area (Å²) in [5.41, 5.74) is 7.95. The van der Waals surface area contributed by atoms with Crippen LogP contribution in [-0.4, -0.2) is 12.5 Å². The largest absolute Gasteiger partial charge is 0.351 e. The van der Waals surface area contributed by atoms with E-state index in [1.54, 1.807) is 0 Å². The minimum Gasteiger partial charge on any atom is -0.351 e. The van der Waals surface area contributed by atoms with Crippen LogP contribution in [0.5, 0.6) is 0 Å². The summed E-state index contributed by atoms with van der Waals surface area (Å²) in [4.78, 5) is 12.4. The molecule has 0 spiro atoms. The number of hydrogen-bond acceptors (Lipinski definition) is 2. The fourth-order valence-electron chi connectivity index (χ4n) is 2.92. The fourth-order valence-corrected chi connectivity index (χ4v) is 2.92. The third-order valence-electron chi connectivity index (χ3n) is 4.38. The Morgan fingerprint density at radius 1 is 1.26 bits per heavy atom. The van der Waals surface area contributed by atoms with E-state index in [9.17, 15) is 4.79 Å². The molecule has 1 aromatic rings. The van der Waals surface area contributed by atoms with Crippen LogP contribution >= 0.6 is 0 Å². The zero-order valence-corrected chi connectivity index (χ0v) is 11.7. The number of benzene rings is 1. The van der Waals surface area contributed by atoms with Crippen molar-refractivity contribution < 1.29 is 4.79 Å². The molecule has 0 radical (unpaired) electrons. The Hall–Kier alpha value is -1.35. The van der Waals surface area contributed by atoms with E-state index in [1.807, 2.05) is 12.1 Å². The van der Waals surface area contributed by atoms with Crippen LogP contribution in [0.4, 0.5) is 0 Å². The molecule has 1 amide bonds. The normalized spacial score (nSPS) is 18.0. The van der Waals surface area contributed by atoms with Crippen molar-refractivity contribution in [3.63, 3.8) is 0 Å². The van der Waals surface area contributed by atoms with Crippen molar-refractivity contribution in [3.8, 4) is 0 Å². The second-order valence-electron chi connectivity index (χ2n) is 5.65. The maximum absolute atomic E-state index is 12.4. The standard InChI is InChI=1S/C16H24N2O/c1-13-7-3-4-8-14(13)11-18-15(19)16(12-17)9-5-2-6-10-16/h3-4,7-8H,2,5-6,9-12,17H2,1H3,(H,18,19). The monoisotopic (exact) mass is 260 g/mol. The Morgan fingerprint density at radius 2 is 1.95 bits per heavy atom. The number of carbonyl (C=O) groups is 1. The summed E-state index contributed by atoms with van der Waals surface area (Å²) in [5, 5.41) is 3.08. The Balaban J connectivity index is 1.98. The van der Waals surface area contributed by atoms with E-state index in [0.29, 0.717) is 13.1 Å². The quantitative estimate of drug-likeness (QED) is 0.874. The molecule has 19 heavy (non-hydrogen) atoms. The average molecular weight is 260 g/mol. The lowest BCUT2D eigenvalue weighted by atomic mass is 9.73. The topological polar surface area (TPSA) is 55.1 Å². The molecule has 3 heteroatoms. The van der Waals surface area contributed by atoms with E-state index in [0.717, 1.165) is 25.7 Å². The smallest absolute Gasteiger partial charge is 0.227 e. The third kappa shape index (κ3) is 3.16. The highest BCUT2D eigenvalue weighted by Crippen LogP contribution is 2.35. The van der Waals surface area contributed by atoms with Crippen LogP contribution < -0.4 is 11.1 Å². The van der Waals surface area contributed by atoms with Crippen molar-refractivity contribution in [2.75, 3.05) is 6.54 Å². The number of nitrogens with two attached hydrogens (primary N) is 1. The molecule has 2 rings (SSSR count). The number of rotatable bonds is 4. The minimum atomic E-state index is -0.319. The number of hydrogen-bond donors (Lipinski definition) is 2. The van der Waals surface area contributed by atoms with E-state index in [1.165, 1.54) is 17.5 Å². The van der Waals surface area contributed by atoms with Crippen LogP contribution in [-0.2, 0) is 11.3 Å². The molecule has 0 saturated heterocycles. The van der Waals surface area contributed by atoms with Gasteiger partial charge < -0.3 is 11.1 Å². The first-order valence-corrected chi connectivity index (χ1v) is 7.21.